The van der Waals surface area contributed by atoms with Crippen LogP contribution in [0.15, 0.2) is 0 Å². The Morgan fingerprint density at radius 3 is 2.38 bits per heavy atom. The topological polar surface area (TPSA) is 49.9 Å². The summed E-state index contributed by atoms with van der Waals surface area (Å²) < 4.78 is 5.55. The third kappa shape index (κ3) is 2.12. The van der Waals surface area contributed by atoms with E-state index in [0.29, 0.717) is 31.4 Å². The predicted molar refractivity (Wildman–Crippen MR) is 58.7 cm³/mol. The van der Waals surface area contributed by atoms with Crippen molar-refractivity contribution in [1.29, 1.82) is 0 Å². The molecule has 2 aliphatic rings. The molecule has 2 aliphatic heterocycles. The quantitative estimate of drug-likeness (QED) is 0.524. The Hall–Kier alpha value is -0.900. The Morgan fingerprint density at radius 1 is 1.31 bits per heavy atom. The fraction of sp³-hybridized carbons (Fsp3) is 0.833. The molecule has 0 N–H and O–H groups in total. The lowest BCUT2D eigenvalue weighted by Crippen LogP contribution is -2.36. The average molecular weight is 225 g/mol. The summed E-state index contributed by atoms with van der Waals surface area (Å²) in [5.74, 6) is 0.283. The summed E-state index contributed by atoms with van der Waals surface area (Å²) in [6.07, 6.45) is 3.35. The van der Waals surface area contributed by atoms with Crippen LogP contribution in [-0.4, -0.2) is 35.5 Å². The Kier molecular flexibility index (Phi) is 3.28. The van der Waals surface area contributed by atoms with Gasteiger partial charge in [0, 0.05) is 25.3 Å². The summed E-state index contributed by atoms with van der Waals surface area (Å²) in [7, 11) is 0. The van der Waals surface area contributed by atoms with Gasteiger partial charge in [-0.1, -0.05) is 13.8 Å². The average Bonchev–Trinajstić information content (AvgIpc) is 3.00. The number of hydrogen-bond donors (Lipinski definition) is 0. The molecule has 0 aromatic carbocycles. The van der Waals surface area contributed by atoms with E-state index in [1.54, 1.807) is 0 Å². The molecule has 16 heavy (non-hydrogen) atoms. The molecule has 3 atom stereocenters. The van der Waals surface area contributed by atoms with Crippen LogP contribution in [0.3, 0.4) is 0 Å². The van der Waals surface area contributed by atoms with Crippen molar-refractivity contribution >= 4 is 11.8 Å². The fourth-order valence-corrected chi connectivity index (χ4v) is 2.43. The number of imide groups is 1. The van der Waals surface area contributed by atoms with Crippen molar-refractivity contribution in [2.24, 2.45) is 5.92 Å². The molecule has 0 saturated carbocycles. The van der Waals surface area contributed by atoms with Crippen LogP contribution in [0.2, 0.25) is 0 Å². The van der Waals surface area contributed by atoms with Gasteiger partial charge in [0.1, 0.15) is 0 Å². The molecule has 0 spiro atoms. The Balaban J connectivity index is 1.92. The summed E-state index contributed by atoms with van der Waals surface area (Å²) in [5, 5.41) is 0. The molecule has 2 heterocycles. The minimum absolute atomic E-state index is 0.0165. The van der Waals surface area contributed by atoms with Crippen LogP contribution >= 0.6 is 0 Å². The first-order valence-electron chi connectivity index (χ1n) is 6.16. The second-order valence-electron chi connectivity index (χ2n) is 4.61. The highest BCUT2D eigenvalue weighted by Gasteiger charge is 2.44. The van der Waals surface area contributed by atoms with Crippen molar-refractivity contribution in [3.63, 3.8) is 0 Å². The third-order valence-electron chi connectivity index (χ3n) is 3.59. The van der Waals surface area contributed by atoms with Crippen LogP contribution in [0.1, 0.15) is 39.5 Å². The van der Waals surface area contributed by atoms with Crippen molar-refractivity contribution < 1.29 is 14.3 Å². The van der Waals surface area contributed by atoms with Crippen LogP contribution in [0, 0.1) is 5.92 Å². The van der Waals surface area contributed by atoms with Crippen molar-refractivity contribution in [3.05, 3.63) is 0 Å². The van der Waals surface area contributed by atoms with Crippen LogP contribution in [0.4, 0.5) is 0 Å². The molecular weight excluding hydrogens is 206 g/mol. The van der Waals surface area contributed by atoms with Gasteiger partial charge in [0.25, 0.3) is 0 Å². The van der Waals surface area contributed by atoms with E-state index in [1.807, 2.05) is 0 Å². The molecule has 0 aromatic heterocycles. The number of rotatable bonds is 5. The molecule has 0 aliphatic carbocycles. The summed E-state index contributed by atoms with van der Waals surface area (Å²) in [4.78, 5) is 24.4. The van der Waals surface area contributed by atoms with Crippen LogP contribution < -0.4 is 0 Å². The van der Waals surface area contributed by atoms with Crippen molar-refractivity contribution in [1.82, 2.24) is 4.90 Å². The maximum Gasteiger partial charge on any atom is 0.229 e. The number of carbonyl (C=O) groups is 2. The summed E-state index contributed by atoms with van der Waals surface area (Å²) in [5.41, 5.74) is 0. The highest BCUT2D eigenvalue weighted by Crippen LogP contribution is 2.34. The minimum Gasteiger partial charge on any atom is -0.369 e. The van der Waals surface area contributed by atoms with E-state index >= 15 is 0 Å². The molecule has 2 saturated heterocycles. The van der Waals surface area contributed by atoms with E-state index in [9.17, 15) is 9.59 Å². The zero-order valence-corrected chi connectivity index (χ0v) is 9.94. The van der Waals surface area contributed by atoms with Crippen LogP contribution in [0.5, 0.6) is 0 Å². The highest BCUT2D eigenvalue weighted by molar-refractivity contribution is 6.01. The largest absolute Gasteiger partial charge is 0.369 e. The molecule has 2 rings (SSSR count). The molecule has 3 unspecified atom stereocenters. The monoisotopic (exact) mass is 225 g/mol. The fourth-order valence-electron chi connectivity index (χ4n) is 2.43. The first-order chi connectivity index (χ1) is 7.67. The van der Waals surface area contributed by atoms with Gasteiger partial charge in [0.05, 0.1) is 12.2 Å². The number of carbonyl (C=O) groups excluding carboxylic acids is 2. The smallest absolute Gasteiger partial charge is 0.229 e. The predicted octanol–water partition coefficient (Wildman–Crippen LogP) is 1.34. The number of nitrogens with zero attached hydrogens (tertiary/aromatic N) is 1. The minimum atomic E-state index is -0.0165. The van der Waals surface area contributed by atoms with Gasteiger partial charge in [0.2, 0.25) is 11.8 Å². The van der Waals surface area contributed by atoms with E-state index in [-0.39, 0.29) is 17.9 Å². The molecule has 2 amide bonds. The maximum absolute atomic E-state index is 11.5. The zero-order chi connectivity index (χ0) is 11.7. The van der Waals surface area contributed by atoms with Gasteiger partial charge in [0.15, 0.2) is 0 Å². The van der Waals surface area contributed by atoms with Crippen molar-refractivity contribution in [2.75, 3.05) is 6.54 Å². The second-order valence-corrected chi connectivity index (χ2v) is 4.61. The SMILES string of the molecule is CCC(CN1C(=O)CCC1=O)C1OC1CC. The van der Waals surface area contributed by atoms with Gasteiger partial charge < -0.3 is 4.74 Å². The number of hydrogen-bond acceptors (Lipinski definition) is 3. The van der Waals surface area contributed by atoms with Gasteiger partial charge >= 0.3 is 0 Å². The third-order valence-corrected chi connectivity index (χ3v) is 3.59. The molecule has 0 aromatic rings. The summed E-state index contributed by atoms with van der Waals surface area (Å²) >= 11 is 0. The first kappa shape index (κ1) is 11.6. The molecule has 2 fully saturated rings. The molecule has 0 radical (unpaired) electrons. The standard InChI is InChI=1S/C12H19NO3/c1-3-8(12-9(4-2)16-12)7-13-10(14)5-6-11(13)15/h8-9,12H,3-7H2,1-2H3. The zero-order valence-electron chi connectivity index (χ0n) is 9.94. The maximum atomic E-state index is 11.5. The molecule has 90 valence electrons. The molecular formula is C12H19NO3. The molecule has 0 bridgehead atoms. The number of epoxide rings is 1. The van der Waals surface area contributed by atoms with E-state index in [0.717, 1.165) is 12.8 Å². The number of ether oxygens (including phenoxy) is 1. The number of amides is 2. The summed E-state index contributed by atoms with van der Waals surface area (Å²) in [6, 6.07) is 0. The highest BCUT2D eigenvalue weighted by atomic mass is 16.6. The van der Waals surface area contributed by atoms with Gasteiger partial charge in [-0.05, 0) is 12.8 Å². The lowest BCUT2D eigenvalue weighted by molar-refractivity contribution is -0.139. The van der Waals surface area contributed by atoms with Crippen LogP contribution in [0.25, 0.3) is 0 Å². The van der Waals surface area contributed by atoms with Gasteiger partial charge in [-0.2, -0.15) is 0 Å². The van der Waals surface area contributed by atoms with E-state index in [2.05, 4.69) is 13.8 Å². The van der Waals surface area contributed by atoms with Crippen molar-refractivity contribution in [3.8, 4) is 0 Å². The van der Waals surface area contributed by atoms with Gasteiger partial charge in [-0.3, -0.25) is 14.5 Å². The Labute approximate surface area is 95.9 Å². The summed E-state index contributed by atoms with van der Waals surface area (Å²) in [6.45, 7) is 4.74. The van der Waals surface area contributed by atoms with E-state index < -0.39 is 0 Å². The van der Waals surface area contributed by atoms with Crippen LogP contribution in [-0.2, 0) is 14.3 Å². The lowest BCUT2D eigenvalue weighted by Gasteiger charge is -2.20. The van der Waals surface area contributed by atoms with Crippen molar-refractivity contribution in [2.45, 2.75) is 51.7 Å². The number of likely N-dealkylation sites (tertiary alicyclic amines) is 1. The Bertz CT molecular complexity index is 287. The molecule has 4 heteroatoms. The van der Waals surface area contributed by atoms with E-state index in [4.69, 9.17) is 4.74 Å². The second kappa shape index (κ2) is 4.53. The van der Waals surface area contributed by atoms with Gasteiger partial charge in [-0.15, -0.1) is 0 Å². The normalized spacial score (nSPS) is 31.0. The van der Waals surface area contributed by atoms with E-state index in [1.165, 1.54) is 4.90 Å². The first-order valence-corrected chi connectivity index (χ1v) is 6.16. The Morgan fingerprint density at radius 2 is 1.94 bits per heavy atom. The van der Waals surface area contributed by atoms with Gasteiger partial charge in [-0.25, -0.2) is 0 Å². The lowest BCUT2D eigenvalue weighted by atomic mass is 9.98. The molecule has 4 nitrogen and oxygen atoms in total.